The lowest BCUT2D eigenvalue weighted by molar-refractivity contribution is -0.133. The van der Waals surface area contributed by atoms with E-state index in [4.69, 9.17) is 9.47 Å². The van der Waals surface area contributed by atoms with Crippen LogP contribution in [0.25, 0.3) is 0 Å². The van der Waals surface area contributed by atoms with Crippen LogP contribution in [0.4, 0.5) is 4.39 Å². The number of hydrogen-bond donors (Lipinski definition) is 0. The lowest BCUT2D eigenvalue weighted by Crippen LogP contribution is -2.45. The molecule has 0 aliphatic carbocycles. The molecule has 0 saturated carbocycles. The number of carbonyl (C=O) groups excluding carboxylic acids is 2. The van der Waals surface area contributed by atoms with Gasteiger partial charge in [0.15, 0.2) is 0 Å². The maximum Gasteiger partial charge on any atom is 0.257 e. The number of hydrogen-bond acceptors (Lipinski definition) is 4. The van der Waals surface area contributed by atoms with Gasteiger partial charge >= 0.3 is 0 Å². The van der Waals surface area contributed by atoms with Gasteiger partial charge in [0, 0.05) is 26.2 Å². The van der Waals surface area contributed by atoms with Gasteiger partial charge in [0.05, 0.1) is 37.8 Å². The molecule has 23 heavy (non-hydrogen) atoms. The Balaban J connectivity index is 1.90. The van der Waals surface area contributed by atoms with E-state index in [1.807, 2.05) is 0 Å². The Kier molecular flexibility index (Phi) is 4.21. The molecule has 0 unspecified atom stereocenters. The van der Waals surface area contributed by atoms with Gasteiger partial charge in [-0.2, -0.15) is 0 Å². The molecule has 0 N–H and O–H groups in total. The zero-order valence-corrected chi connectivity index (χ0v) is 13.1. The van der Waals surface area contributed by atoms with Crippen LogP contribution in [0.15, 0.2) is 18.2 Å². The van der Waals surface area contributed by atoms with Gasteiger partial charge in [0.2, 0.25) is 5.91 Å². The van der Waals surface area contributed by atoms with E-state index in [2.05, 4.69) is 0 Å². The van der Waals surface area contributed by atoms with Crippen LogP contribution in [0, 0.1) is 11.7 Å². The van der Waals surface area contributed by atoms with Gasteiger partial charge in [-0.05, 0) is 12.1 Å². The monoisotopic (exact) mass is 322 g/mol. The maximum atomic E-state index is 13.3. The summed E-state index contributed by atoms with van der Waals surface area (Å²) in [6.45, 7) is 1.39. The molecule has 7 heteroatoms. The average Bonchev–Trinajstić information content (AvgIpc) is 2.72. The smallest absolute Gasteiger partial charge is 0.257 e. The predicted octanol–water partition coefficient (Wildman–Crippen LogP) is 0.764. The van der Waals surface area contributed by atoms with Crippen molar-refractivity contribution in [1.29, 1.82) is 0 Å². The van der Waals surface area contributed by atoms with E-state index in [0.717, 1.165) is 0 Å². The molecule has 1 aromatic carbocycles. The second kappa shape index (κ2) is 6.16. The fourth-order valence-electron chi connectivity index (χ4n) is 3.08. The highest BCUT2D eigenvalue weighted by Crippen LogP contribution is 2.25. The molecule has 2 aliphatic rings. The molecular formula is C16H19FN2O4. The SMILES string of the molecule is COc1cc(F)ccc1C(=O)N1C[C@@H]2COC[C@H](C1)N(C)C2=O. The maximum absolute atomic E-state index is 13.3. The molecule has 0 radical (unpaired) electrons. The van der Waals surface area contributed by atoms with E-state index in [-0.39, 0.29) is 29.5 Å². The van der Waals surface area contributed by atoms with Gasteiger partial charge in [-0.3, -0.25) is 9.59 Å². The minimum Gasteiger partial charge on any atom is -0.496 e. The highest BCUT2D eigenvalue weighted by atomic mass is 19.1. The zero-order valence-electron chi connectivity index (χ0n) is 13.1. The predicted molar refractivity (Wildman–Crippen MR) is 79.7 cm³/mol. The Morgan fingerprint density at radius 1 is 1.35 bits per heavy atom. The van der Waals surface area contributed by atoms with Crippen molar-refractivity contribution in [2.24, 2.45) is 5.92 Å². The van der Waals surface area contributed by atoms with Gasteiger partial charge in [0.1, 0.15) is 11.6 Å². The van der Waals surface area contributed by atoms with Gasteiger partial charge in [0.25, 0.3) is 5.91 Å². The molecular weight excluding hydrogens is 303 g/mol. The summed E-state index contributed by atoms with van der Waals surface area (Å²) in [5.41, 5.74) is 0.296. The van der Waals surface area contributed by atoms with Crippen LogP contribution in [0.2, 0.25) is 0 Å². The lowest BCUT2D eigenvalue weighted by Gasteiger charge is -2.29. The van der Waals surface area contributed by atoms with Crippen molar-refractivity contribution in [1.82, 2.24) is 9.80 Å². The summed E-state index contributed by atoms with van der Waals surface area (Å²) in [7, 11) is 3.13. The van der Waals surface area contributed by atoms with Gasteiger partial charge in [-0.25, -0.2) is 4.39 Å². The third-order valence-electron chi connectivity index (χ3n) is 4.43. The molecule has 2 amide bonds. The third kappa shape index (κ3) is 2.88. The molecule has 0 spiro atoms. The quantitative estimate of drug-likeness (QED) is 0.807. The standard InChI is InChI=1S/C16H19FN2O4/c1-18-12-7-19(6-10(15(18)20)8-23-9-12)16(21)13-4-3-11(17)5-14(13)22-2/h3-5,10,12H,6-9H2,1-2H3/t10-,12+/m1/s1. The largest absolute Gasteiger partial charge is 0.496 e. The first-order valence-corrected chi connectivity index (χ1v) is 7.48. The normalized spacial score (nSPS) is 24.4. The van der Waals surface area contributed by atoms with Crippen LogP contribution >= 0.6 is 0 Å². The molecule has 1 aromatic rings. The fraction of sp³-hybridized carbons (Fsp3) is 0.500. The Morgan fingerprint density at radius 2 is 2.13 bits per heavy atom. The molecule has 2 aliphatic heterocycles. The van der Waals surface area contributed by atoms with E-state index in [0.29, 0.717) is 31.9 Å². The van der Waals surface area contributed by atoms with E-state index in [9.17, 15) is 14.0 Å². The van der Waals surface area contributed by atoms with Crippen molar-refractivity contribution in [2.75, 3.05) is 40.5 Å². The number of ether oxygens (including phenoxy) is 2. The molecule has 2 saturated heterocycles. The van der Waals surface area contributed by atoms with Gasteiger partial charge < -0.3 is 19.3 Å². The first kappa shape index (κ1) is 15.7. The van der Waals surface area contributed by atoms with Crippen molar-refractivity contribution in [3.8, 4) is 5.75 Å². The van der Waals surface area contributed by atoms with Gasteiger partial charge in [-0.15, -0.1) is 0 Å². The minimum atomic E-state index is -0.463. The Hall–Kier alpha value is -2.15. The van der Waals surface area contributed by atoms with Crippen LogP contribution in [-0.4, -0.2) is 68.1 Å². The molecule has 6 nitrogen and oxygen atoms in total. The molecule has 124 valence electrons. The highest BCUT2D eigenvalue weighted by molar-refractivity contribution is 5.97. The number of likely N-dealkylation sites (N-methyl/N-ethyl adjacent to an activating group) is 1. The van der Waals surface area contributed by atoms with Gasteiger partial charge in [-0.1, -0.05) is 0 Å². The van der Waals surface area contributed by atoms with E-state index in [1.165, 1.54) is 25.3 Å². The van der Waals surface area contributed by atoms with Crippen molar-refractivity contribution < 1.29 is 23.5 Å². The average molecular weight is 322 g/mol. The summed E-state index contributed by atoms with van der Waals surface area (Å²) in [6.07, 6.45) is 0. The molecule has 2 atom stereocenters. The number of benzene rings is 1. The van der Waals surface area contributed by atoms with Crippen molar-refractivity contribution >= 4 is 11.8 Å². The Bertz CT molecular complexity index is 637. The summed E-state index contributed by atoms with van der Waals surface area (Å²) in [6, 6.07) is 3.66. The second-order valence-electron chi connectivity index (χ2n) is 5.89. The van der Waals surface area contributed by atoms with Crippen LogP contribution in [0.5, 0.6) is 5.75 Å². The number of nitrogens with zero attached hydrogens (tertiary/aromatic N) is 2. The second-order valence-corrected chi connectivity index (χ2v) is 5.89. The molecule has 2 bridgehead atoms. The van der Waals surface area contributed by atoms with Crippen molar-refractivity contribution in [3.05, 3.63) is 29.6 Å². The summed E-state index contributed by atoms with van der Waals surface area (Å²) >= 11 is 0. The van der Waals surface area contributed by atoms with Crippen molar-refractivity contribution in [2.45, 2.75) is 6.04 Å². The van der Waals surface area contributed by atoms with Crippen LogP contribution in [0.1, 0.15) is 10.4 Å². The Morgan fingerprint density at radius 3 is 2.87 bits per heavy atom. The van der Waals surface area contributed by atoms with Crippen LogP contribution in [-0.2, 0) is 9.53 Å². The number of halogens is 1. The number of rotatable bonds is 2. The Labute approximate surface area is 133 Å². The minimum absolute atomic E-state index is 0.00567. The summed E-state index contributed by atoms with van der Waals surface area (Å²) in [4.78, 5) is 28.5. The summed E-state index contributed by atoms with van der Waals surface area (Å²) in [5.74, 6) is -0.909. The van der Waals surface area contributed by atoms with E-state index < -0.39 is 5.82 Å². The first-order chi connectivity index (χ1) is 11.0. The lowest BCUT2D eigenvalue weighted by atomic mass is 10.1. The molecule has 2 fully saturated rings. The summed E-state index contributed by atoms with van der Waals surface area (Å²) < 4.78 is 24.0. The van der Waals surface area contributed by atoms with E-state index >= 15 is 0 Å². The highest BCUT2D eigenvalue weighted by Gasteiger charge is 2.39. The number of methoxy groups -OCH3 is 1. The number of amides is 2. The molecule has 0 aromatic heterocycles. The number of fused-ring (bicyclic) bond motifs is 3. The zero-order chi connectivity index (χ0) is 16.6. The first-order valence-electron chi connectivity index (χ1n) is 7.48. The topological polar surface area (TPSA) is 59.1 Å². The fourth-order valence-corrected chi connectivity index (χ4v) is 3.08. The molecule has 2 heterocycles. The molecule has 3 rings (SSSR count). The van der Waals surface area contributed by atoms with E-state index in [1.54, 1.807) is 16.8 Å². The van der Waals surface area contributed by atoms with Crippen molar-refractivity contribution in [3.63, 3.8) is 0 Å². The summed E-state index contributed by atoms with van der Waals surface area (Å²) in [5, 5.41) is 0. The van der Waals surface area contributed by atoms with Crippen LogP contribution in [0.3, 0.4) is 0 Å². The van der Waals surface area contributed by atoms with Crippen LogP contribution < -0.4 is 4.74 Å². The number of carbonyl (C=O) groups is 2. The third-order valence-corrected chi connectivity index (χ3v) is 4.43.